The third-order valence-corrected chi connectivity index (χ3v) is 12.0. The second kappa shape index (κ2) is 15.4. The van der Waals surface area contributed by atoms with Crippen LogP contribution in [0.1, 0.15) is 29.7 Å². The summed E-state index contributed by atoms with van der Waals surface area (Å²) in [6.07, 6.45) is 0. The van der Waals surface area contributed by atoms with Gasteiger partial charge < -0.3 is 9.32 Å². The van der Waals surface area contributed by atoms with Gasteiger partial charge in [0.2, 0.25) is 0 Å². The first kappa shape index (κ1) is 36.3. The van der Waals surface area contributed by atoms with Crippen LogP contribution in [0, 0.1) is 5.92 Å². The summed E-state index contributed by atoms with van der Waals surface area (Å²) in [5.41, 5.74) is 13.6. The highest BCUT2D eigenvalue weighted by molar-refractivity contribution is 6.22. The predicted molar refractivity (Wildman–Crippen MR) is 255 cm³/mol. The maximum atomic E-state index is 6.92. The van der Waals surface area contributed by atoms with Crippen molar-refractivity contribution in [2.75, 3.05) is 4.90 Å². The van der Waals surface area contributed by atoms with Crippen LogP contribution in [0.5, 0.6) is 0 Å². The molecule has 2 atom stereocenters. The highest BCUT2D eigenvalue weighted by atomic mass is 16.3. The van der Waals surface area contributed by atoms with E-state index in [9.17, 15) is 0 Å². The molecule has 0 bridgehead atoms. The lowest BCUT2D eigenvalue weighted by Crippen LogP contribution is -2.26. The molecular formula is C57H41N3O. The molecule has 0 aliphatic carbocycles. The summed E-state index contributed by atoms with van der Waals surface area (Å²) in [6.45, 7) is 2.25. The van der Waals surface area contributed by atoms with Crippen molar-refractivity contribution in [3.05, 3.63) is 235 Å². The molecule has 4 nitrogen and oxygen atoms in total. The third kappa shape index (κ3) is 6.78. The van der Waals surface area contributed by atoms with Crippen LogP contribution >= 0.6 is 0 Å². The summed E-state index contributed by atoms with van der Waals surface area (Å²) in [4.78, 5) is 13.0. The van der Waals surface area contributed by atoms with E-state index in [2.05, 4.69) is 212 Å². The second-order valence-electron chi connectivity index (χ2n) is 15.8. The van der Waals surface area contributed by atoms with Crippen molar-refractivity contribution >= 4 is 61.3 Å². The second-order valence-corrected chi connectivity index (χ2v) is 15.8. The molecule has 4 heteroatoms. The molecule has 0 saturated heterocycles. The SMILES string of the molecule is CC1C(c2cc(-c3ccc(N(c4ccccc4)c4ccc(-c5ccccc5)cc4)cc3)cc3c2oc2cc4ccccc4cc23)=NC(c2ccccc2)=NC1c1ccccc1. The standard InChI is InChI=1S/C57H41N3O/c1-38-54(42-18-8-3-9-19-42)58-57(43-20-10-4-11-21-43)59-55(38)52-36-46(35-51-50-34-44-22-14-15-23-45(44)37-53(50)61-56(51)52)41-28-32-49(33-29-41)60(47-24-12-5-13-25-47)48-30-26-40(27-31-48)39-16-6-2-7-17-39/h2-38,54H,1H3. The largest absolute Gasteiger partial charge is 0.455 e. The Morgan fingerprint density at radius 1 is 0.443 bits per heavy atom. The number of nitrogens with zero attached hydrogens (tertiary/aromatic N) is 3. The van der Waals surface area contributed by atoms with Crippen molar-refractivity contribution < 1.29 is 4.42 Å². The topological polar surface area (TPSA) is 41.1 Å². The molecule has 0 saturated carbocycles. The number of rotatable bonds is 8. The van der Waals surface area contributed by atoms with E-state index in [1.54, 1.807) is 0 Å². The fraction of sp³-hybridized carbons (Fsp3) is 0.0526. The quantitative estimate of drug-likeness (QED) is 0.154. The molecule has 0 N–H and O–H groups in total. The van der Waals surface area contributed by atoms with E-state index in [0.717, 1.165) is 83.8 Å². The van der Waals surface area contributed by atoms with Gasteiger partial charge in [-0.15, -0.1) is 0 Å². The minimum Gasteiger partial charge on any atom is -0.455 e. The number of furan rings is 1. The summed E-state index contributed by atoms with van der Waals surface area (Å²) in [5, 5.41) is 4.48. The first-order valence-electron chi connectivity index (χ1n) is 20.9. The van der Waals surface area contributed by atoms with Gasteiger partial charge in [-0.05, 0) is 99.3 Å². The molecule has 0 spiro atoms. The van der Waals surface area contributed by atoms with E-state index in [-0.39, 0.29) is 12.0 Å². The van der Waals surface area contributed by atoms with Crippen LogP contribution in [0.3, 0.4) is 0 Å². The maximum absolute atomic E-state index is 6.92. The van der Waals surface area contributed by atoms with Crippen LogP contribution in [-0.2, 0) is 0 Å². The monoisotopic (exact) mass is 783 g/mol. The number of fused-ring (bicyclic) bond motifs is 4. The van der Waals surface area contributed by atoms with Crippen molar-refractivity contribution in [2.24, 2.45) is 15.9 Å². The van der Waals surface area contributed by atoms with E-state index in [4.69, 9.17) is 14.4 Å². The molecule has 0 fully saturated rings. The molecule has 1 aliphatic heterocycles. The summed E-state index contributed by atoms with van der Waals surface area (Å²) in [6, 6.07) is 77.1. The van der Waals surface area contributed by atoms with E-state index < -0.39 is 0 Å². The number of benzene rings is 9. The van der Waals surface area contributed by atoms with Gasteiger partial charge in [-0.2, -0.15) is 0 Å². The summed E-state index contributed by atoms with van der Waals surface area (Å²) in [5.74, 6) is 0.695. The lowest BCUT2D eigenvalue weighted by molar-refractivity contribution is 0.591. The van der Waals surface area contributed by atoms with Gasteiger partial charge in [0.05, 0.1) is 11.8 Å². The average Bonchev–Trinajstić information content (AvgIpc) is 3.69. The van der Waals surface area contributed by atoms with E-state index >= 15 is 0 Å². The van der Waals surface area contributed by atoms with Gasteiger partial charge in [-0.3, -0.25) is 4.99 Å². The van der Waals surface area contributed by atoms with Crippen LogP contribution < -0.4 is 4.90 Å². The number of aliphatic imine (C=N–C) groups is 2. The Hall–Kier alpha value is -7.82. The molecule has 0 radical (unpaired) electrons. The van der Waals surface area contributed by atoms with Crippen LogP contribution in [0.15, 0.2) is 233 Å². The van der Waals surface area contributed by atoms with E-state index in [1.807, 2.05) is 18.2 Å². The summed E-state index contributed by atoms with van der Waals surface area (Å²) >= 11 is 0. The fourth-order valence-corrected chi connectivity index (χ4v) is 8.86. The van der Waals surface area contributed by atoms with Crippen LogP contribution in [-0.4, -0.2) is 11.5 Å². The molecule has 1 aliphatic rings. The number of para-hydroxylation sites is 1. The smallest absolute Gasteiger partial charge is 0.155 e. The molecule has 9 aromatic carbocycles. The Bertz CT molecular complexity index is 3230. The lowest BCUT2D eigenvalue weighted by atomic mass is 9.84. The van der Waals surface area contributed by atoms with Crippen molar-refractivity contribution in [3.8, 4) is 22.3 Å². The van der Waals surface area contributed by atoms with Crippen LogP contribution in [0.25, 0.3) is 55.0 Å². The molecule has 290 valence electrons. The Morgan fingerprint density at radius 3 is 1.59 bits per heavy atom. The van der Waals surface area contributed by atoms with E-state index in [0.29, 0.717) is 0 Å². The van der Waals surface area contributed by atoms with Gasteiger partial charge in [-0.25, -0.2) is 4.99 Å². The molecule has 2 heterocycles. The van der Waals surface area contributed by atoms with Gasteiger partial charge in [0, 0.05) is 44.9 Å². The summed E-state index contributed by atoms with van der Waals surface area (Å²) < 4.78 is 6.92. The van der Waals surface area contributed by atoms with Gasteiger partial charge in [0.15, 0.2) is 5.84 Å². The molecular weight excluding hydrogens is 743 g/mol. The number of hydrogen-bond donors (Lipinski definition) is 0. The van der Waals surface area contributed by atoms with Crippen molar-refractivity contribution in [1.29, 1.82) is 0 Å². The van der Waals surface area contributed by atoms with Crippen LogP contribution in [0.4, 0.5) is 17.1 Å². The summed E-state index contributed by atoms with van der Waals surface area (Å²) in [7, 11) is 0. The molecule has 10 aromatic rings. The van der Waals surface area contributed by atoms with Gasteiger partial charge in [-0.1, -0.05) is 165 Å². The number of anilines is 3. The zero-order valence-corrected chi connectivity index (χ0v) is 33.7. The first-order chi connectivity index (χ1) is 30.1. The highest BCUT2D eigenvalue weighted by Gasteiger charge is 2.32. The van der Waals surface area contributed by atoms with Crippen molar-refractivity contribution in [1.82, 2.24) is 0 Å². The Kier molecular flexibility index (Phi) is 9.16. The van der Waals surface area contributed by atoms with Crippen molar-refractivity contribution in [2.45, 2.75) is 13.0 Å². The highest BCUT2D eigenvalue weighted by Crippen LogP contribution is 2.42. The van der Waals surface area contributed by atoms with Gasteiger partial charge in [0.1, 0.15) is 11.2 Å². The first-order valence-corrected chi connectivity index (χ1v) is 20.9. The minimum atomic E-state index is -0.125. The zero-order valence-electron chi connectivity index (χ0n) is 33.7. The Balaban J connectivity index is 1.07. The maximum Gasteiger partial charge on any atom is 0.155 e. The molecule has 11 rings (SSSR count). The van der Waals surface area contributed by atoms with Crippen LogP contribution in [0.2, 0.25) is 0 Å². The fourth-order valence-electron chi connectivity index (χ4n) is 8.86. The molecule has 61 heavy (non-hydrogen) atoms. The van der Waals surface area contributed by atoms with Gasteiger partial charge >= 0.3 is 0 Å². The van der Waals surface area contributed by atoms with Crippen molar-refractivity contribution in [3.63, 3.8) is 0 Å². The minimum absolute atomic E-state index is 0.0318. The van der Waals surface area contributed by atoms with Gasteiger partial charge in [0.25, 0.3) is 0 Å². The number of amidine groups is 1. The molecule has 2 unspecified atom stereocenters. The normalized spacial score (nSPS) is 15.2. The average molecular weight is 784 g/mol. The Labute approximate surface area is 355 Å². The lowest BCUT2D eigenvalue weighted by Gasteiger charge is -2.28. The predicted octanol–water partition coefficient (Wildman–Crippen LogP) is 15.2. The zero-order chi connectivity index (χ0) is 40.7. The Morgan fingerprint density at radius 2 is 0.951 bits per heavy atom. The molecule has 1 aromatic heterocycles. The van der Waals surface area contributed by atoms with E-state index in [1.165, 1.54) is 16.5 Å². The third-order valence-electron chi connectivity index (χ3n) is 12.0. The molecule has 0 amide bonds. The number of hydrogen-bond acceptors (Lipinski definition) is 4.